The summed E-state index contributed by atoms with van der Waals surface area (Å²) in [6.07, 6.45) is 1.46. The molecule has 2 N–H and O–H groups in total. The highest BCUT2D eigenvalue weighted by molar-refractivity contribution is 6.09. The Labute approximate surface area is 199 Å². The van der Waals surface area contributed by atoms with Gasteiger partial charge in [-0.05, 0) is 41.5 Å². The maximum atomic E-state index is 14.7. The number of rotatable bonds is 6. The van der Waals surface area contributed by atoms with E-state index in [4.69, 9.17) is 10.5 Å². The molecule has 0 aliphatic carbocycles. The number of aromatic nitrogens is 1. The van der Waals surface area contributed by atoms with Crippen molar-refractivity contribution in [1.82, 2.24) is 9.47 Å². The van der Waals surface area contributed by atoms with Crippen LogP contribution in [0.4, 0.5) is 8.78 Å². The lowest BCUT2D eigenvalue weighted by Gasteiger charge is -2.25. The molecule has 0 radical (unpaired) electrons. The number of alkyl halides is 1. The van der Waals surface area contributed by atoms with Crippen molar-refractivity contribution >= 4 is 17.8 Å². The molecule has 10 heteroatoms. The van der Waals surface area contributed by atoms with Gasteiger partial charge < -0.3 is 15.0 Å². The van der Waals surface area contributed by atoms with Gasteiger partial charge in [-0.15, -0.1) is 0 Å². The van der Waals surface area contributed by atoms with E-state index in [9.17, 15) is 23.6 Å². The number of halogens is 2. The second-order valence-corrected chi connectivity index (χ2v) is 7.92. The molecule has 2 aromatic carbocycles. The summed E-state index contributed by atoms with van der Waals surface area (Å²) in [5.41, 5.74) is 5.82. The number of esters is 1. The highest BCUT2D eigenvalue weighted by Gasteiger charge is 2.50. The van der Waals surface area contributed by atoms with Crippen molar-refractivity contribution in [3.8, 4) is 17.2 Å². The fourth-order valence-corrected chi connectivity index (χ4v) is 4.17. The lowest BCUT2D eigenvalue weighted by atomic mass is 9.82. The summed E-state index contributed by atoms with van der Waals surface area (Å²) in [5.74, 6) is -1.82. The number of amides is 1. The average molecular weight is 477 g/mol. The summed E-state index contributed by atoms with van der Waals surface area (Å²) in [5, 5.41) is 9.23. The minimum absolute atomic E-state index is 0.0413. The first-order valence-electron chi connectivity index (χ1n) is 10.6. The van der Waals surface area contributed by atoms with Crippen molar-refractivity contribution in [1.29, 1.82) is 5.26 Å². The largest absolute Gasteiger partial charge is 0.464 e. The Bertz CT molecular complexity index is 1410. The quantitative estimate of drug-likeness (QED) is 0.549. The fraction of sp³-hybridized carbons (Fsp3) is 0.200. The Balaban J connectivity index is 1.96. The van der Waals surface area contributed by atoms with Crippen LogP contribution in [0.2, 0.25) is 0 Å². The van der Waals surface area contributed by atoms with Gasteiger partial charge in [-0.25, -0.2) is 18.6 Å². The summed E-state index contributed by atoms with van der Waals surface area (Å²) in [6.45, 7) is -0.899. The first-order valence-corrected chi connectivity index (χ1v) is 10.6. The van der Waals surface area contributed by atoms with E-state index in [1.54, 1.807) is 24.3 Å². The van der Waals surface area contributed by atoms with Gasteiger partial charge in [0.2, 0.25) is 0 Å². The maximum absolute atomic E-state index is 14.7. The van der Waals surface area contributed by atoms with Gasteiger partial charge in [0.05, 0.1) is 25.3 Å². The number of carbonyl (C=O) groups excluding carboxylic acids is 2. The number of nitrogens with zero attached hydrogens (tertiary/aromatic N) is 4. The van der Waals surface area contributed by atoms with Crippen LogP contribution in [-0.4, -0.2) is 48.1 Å². The molecule has 178 valence electrons. The third-order valence-corrected chi connectivity index (χ3v) is 5.96. The number of aryl methyl sites for hydroxylation is 1. The van der Waals surface area contributed by atoms with Crippen LogP contribution in [0.25, 0.3) is 11.1 Å². The third-order valence-electron chi connectivity index (χ3n) is 5.96. The van der Waals surface area contributed by atoms with Crippen molar-refractivity contribution < 1.29 is 23.1 Å². The monoisotopic (exact) mass is 477 g/mol. The highest BCUT2D eigenvalue weighted by Crippen LogP contribution is 2.41. The number of likely N-dealkylation sites (N-methyl/N-ethyl adjacent to an activating group) is 1. The Morgan fingerprint density at radius 1 is 1.23 bits per heavy atom. The van der Waals surface area contributed by atoms with Gasteiger partial charge in [-0.1, -0.05) is 18.2 Å². The molecule has 1 aliphatic heterocycles. The lowest BCUT2D eigenvalue weighted by Crippen LogP contribution is -2.41. The average Bonchev–Trinajstić information content (AvgIpc) is 3.39. The molecule has 0 fully saturated rings. The third kappa shape index (κ3) is 3.81. The Kier molecular flexibility index (Phi) is 6.09. The van der Waals surface area contributed by atoms with Crippen molar-refractivity contribution in [3.05, 3.63) is 82.9 Å². The standard InChI is InChI=1S/C25H21F2N5O3/c1-31-23(34)25(30-24(31)29,18-12-21(22(33)35-2)32(14-18)9-8-26)17-5-3-4-16(11-17)19-10-15(13-28)6-7-20(19)27/h3-7,10-12,14H,8-9H2,1-2H3,(H2,29,30). The van der Waals surface area contributed by atoms with Gasteiger partial charge in [0, 0.05) is 24.4 Å². The van der Waals surface area contributed by atoms with Crippen LogP contribution in [-0.2, 0) is 21.6 Å². The number of aliphatic imine (C=N–C) groups is 1. The van der Waals surface area contributed by atoms with Crippen LogP contribution < -0.4 is 5.73 Å². The van der Waals surface area contributed by atoms with E-state index in [2.05, 4.69) is 4.99 Å². The van der Waals surface area contributed by atoms with Gasteiger partial charge >= 0.3 is 5.97 Å². The Morgan fingerprint density at radius 3 is 2.63 bits per heavy atom. The van der Waals surface area contributed by atoms with E-state index < -0.39 is 29.9 Å². The van der Waals surface area contributed by atoms with E-state index in [1.807, 2.05) is 6.07 Å². The van der Waals surface area contributed by atoms with Crippen LogP contribution in [0.15, 0.2) is 59.7 Å². The number of nitriles is 1. The van der Waals surface area contributed by atoms with Gasteiger partial charge in [-0.3, -0.25) is 9.69 Å². The molecule has 1 atom stereocenters. The summed E-state index contributed by atoms with van der Waals surface area (Å²) in [4.78, 5) is 31.6. The number of ether oxygens (including phenoxy) is 1. The highest BCUT2D eigenvalue weighted by atomic mass is 19.1. The number of benzene rings is 2. The Morgan fingerprint density at radius 2 is 2.00 bits per heavy atom. The number of carbonyl (C=O) groups is 2. The van der Waals surface area contributed by atoms with Crippen LogP contribution in [0, 0.1) is 17.1 Å². The number of hydrogen-bond donors (Lipinski definition) is 1. The van der Waals surface area contributed by atoms with Crippen LogP contribution in [0.5, 0.6) is 0 Å². The van der Waals surface area contributed by atoms with Crippen molar-refractivity contribution in [3.63, 3.8) is 0 Å². The van der Waals surface area contributed by atoms with E-state index in [0.717, 1.165) is 0 Å². The second kappa shape index (κ2) is 9.02. The molecule has 2 heterocycles. The number of guanidine groups is 1. The molecule has 0 saturated carbocycles. The predicted molar refractivity (Wildman–Crippen MR) is 123 cm³/mol. The van der Waals surface area contributed by atoms with Crippen LogP contribution in [0.1, 0.15) is 27.2 Å². The van der Waals surface area contributed by atoms with Gasteiger partial charge in [0.25, 0.3) is 5.91 Å². The molecule has 4 rings (SSSR count). The molecule has 1 aromatic heterocycles. The number of hydrogen-bond acceptors (Lipinski definition) is 6. The van der Waals surface area contributed by atoms with Crippen molar-refractivity contribution in [2.24, 2.45) is 10.7 Å². The first kappa shape index (κ1) is 23.6. The topological polar surface area (TPSA) is 114 Å². The summed E-state index contributed by atoms with van der Waals surface area (Å²) < 4.78 is 34.0. The molecular formula is C25H21F2N5O3. The minimum Gasteiger partial charge on any atom is -0.464 e. The molecular weight excluding hydrogens is 456 g/mol. The zero-order valence-electron chi connectivity index (χ0n) is 19.0. The van der Waals surface area contributed by atoms with Gasteiger partial charge in [-0.2, -0.15) is 5.26 Å². The van der Waals surface area contributed by atoms with Gasteiger partial charge in [0.1, 0.15) is 18.2 Å². The smallest absolute Gasteiger partial charge is 0.354 e. The van der Waals surface area contributed by atoms with Crippen LogP contribution >= 0.6 is 0 Å². The molecule has 1 aliphatic rings. The van der Waals surface area contributed by atoms with Crippen molar-refractivity contribution in [2.75, 3.05) is 20.8 Å². The zero-order chi connectivity index (χ0) is 25.3. The molecule has 1 unspecified atom stereocenters. The van der Waals surface area contributed by atoms with E-state index >= 15 is 0 Å². The maximum Gasteiger partial charge on any atom is 0.354 e. The van der Waals surface area contributed by atoms with E-state index in [1.165, 1.54) is 54.1 Å². The molecule has 3 aromatic rings. The lowest BCUT2D eigenvalue weighted by molar-refractivity contribution is -0.129. The number of methoxy groups -OCH3 is 1. The fourth-order valence-electron chi connectivity index (χ4n) is 4.17. The molecule has 1 amide bonds. The van der Waals surface area contributed by atoms with Crippen molar-refractivity contribution in [2.45, 2.75) is 12.1 Å². The predicted octanol–water partition coefficient (Wildman–Crippen LogP) is 2.95. The second-order valence-electron chi connectivity index (χ2n) is 7.92. The Hall–Kier alpha value is -4.52. The van der Waals surface area contributed by atoms with Crippen LogP contribution in [0.3, 0.4) is 0 Å². The molecule has 8 nitrogen and oxygen atoms in total. The van der Waals surface area contributed by atoms with E-state index in [0.29, 0.717) is 11.1 Å². The molecule has 0 saturated heterocycles. The summed E-state index contributed by atoms with van der Waals surface area (Å²) >= 11 is 0. The molecule has 0 bridgehead atoms. The SMILES string of the molecule is COC(=O)c1cc(C2(c3cccc(-c4cc(C#N)ccc4F)c3)N=C(N)N(C)C2=O)cn1CCF. The molecule has 0 spiro atoms. The first-order chi connectivity index (χ1) is 16.8. The normalized spacial score (nSPS) is 17.3. The minimum atomic E-state index is -1.71. The summed E-state index contributed by atoms with van der Waals surface area (Å²) in [6, 6.07) is 13.9. The molecule has 35 heavy (non-hydrogen) atoms. The van der Waals surface area contributed by atoms with E-state index in [-0.39, 0.29) is 34.9 Å². The number of nitrogens with two attached hydrogens (primary N) is 1. The summed E-state index contributed by atoms with van der Waals surface area (Å²) in [7, 11) is 2.66. The zero-order valence-corrected chi connectivity index (χ0v) is 19.0. The van der Waals surface area contributed by atoms with Gasteiger partial charge in [0.15, 0.2) is 11.5 Å².